The van der Waals surface area contributed by atoms with Gasteiger partial charge < -0.3 is 14.9 Å². The maximum Gasteiger partial charge on any atom is 0.195 e. The first-order chi connectivity index (χ1) is 7.50. The first-order valence-electron chi connectivity index (χ1n) is 5.17. The molecule has 0 saturated carbocycles. The van der Waals surface area contributed by atoms with Crippen LogP contribution in [0.5, 0.6) is 5.75 Å². The summed E-state index contributed by atoms with van der Waals surface area (Å²) in [6, 6.07) is 7.16. The van der Waals surface area contributed by atoms with Crippen molar-refractivity contribution in [2.24, 2.45) is 4.99 Å². The first-order valence-corrected chi connectivity index (χ1v) is 5.17. The van der Waals surface area contributed by atoms with Gasteiger partial charge in [-0.2, -0.15) is 0 Å². The lowest BCUT2D eigenvalue weighted by atomic mass is 10.2. The van der Waals surface area contributed by atoms with Crippen LogP contribution in [0.15, 0.2) is 29.3 Å². The van der Waals surface area contributed by atoms with E-state index in [1.807, 2.05) is 50.1 Å². The summed E-state index contributed by atoms with van der Waals surface area (Å²) >= 11 is 0. The van der Waals surface area contributed by atoms with Crippen LogP contribution in [0.2, 0.25) is 0 Å². The lowest BCUT2D eigenvalue weighted by Crippen LogP contribution is -2.35. The zero-order chi connectivity index (χ0) is 12.1. The van der Waals surface area contributed by atoms with Crippen molar-refractivity contribution in [3.63, 3.8) is 0 Å². The zero-order valence-electron chi connectivity index (χ0n) is 10.3. The average molecular weight is 221 g/mol. The minimum absolute atomic E-state index is 0.281. The molecule has 0 radical (unpaired) electrons. The highest BCUT2D eigenvalue weighted by atomic mass is 16.3. The van der Waals surface area contributed by atoms with Crippen molar-refractivity contribution < 1.29 is 5.11 Å². The van der Waals surface area contributed by atoms with Gasteiger partial charge in [0.2, 0.25) is 0 Å². The van der Waals surface area contributed by atoms with E-state index in [1.54, 1.807) is 12.1 Å². The van der Waals surface area contributed by atoms with Crippen LogP contribution in [0.1, 0.15) is 5.56 Å². The summed E-state index contributed by atoms with van der Waals surface area (Å²) in [4.78, 5) is 8.41. The molecule has 0 heterocycles. The van der Waals surface area contributed by atoms with Gasteiger partial charge in [0.25, 0.3) is 0 Å². The molecule has 0 aliphatic carbocycles. The van der Waals surface area contributed by atoms with Crippen LogP contribution in [-0.2, 0) is 6.54 Å². The third-order valence-corrected chi connectivity index (χ3v) is 2.11. The van der Waals surface area contributed by atoms with E-state index in [0.29, 0.717) is 6.54 Å². The molecule has 1 N–H and O–H groups in total. The molecule has 0 bridgehead atoms. The number of nitrogens with zero attached hydrogens (tertiary/aromatic N) is 3. The molecule has 0 saturated heterocycles. The van der Waals surface area contributed by atoms with Gasteiger partial charge >= 0.3 is 0 Å². The van der Waals surface area contributed by atoms with Crippen LogP contribution in [0, 0.1) is 0 Å². The first kappa shape index (κ1) is 12.4. The second-order valence-corrected chi connectivity index (χ2v) is 4.07. The van der Waals surface area contributed by atoms with Crippen molar-refractivity contribution in [2.45, 2.75) is 6.54 Å². The summed E-state index contributed by atoms with van der Waals surface area (Å²) in [6.45, 7) is 0.570. The Labute approximate surface area is 96.8 Å². The highest BCUT2D eigenvalue weighted by molar-refractivity contribution is 5.79. The molecule has 4 heteroatoms. The smallest absolute Gasteiger partial charge is 0.195 e. The lowest BCUT2D eigenvalue weighted by Gasteiger charge is -2.22. The minimum atomic E-state index is 0.281. The van der Waals surface area contributed by atoms with Gasteiger partial charge in [0.15, 0.2) is 5.96 Å². The number of hydrogen-bond donors (Lipinski definition) is 1. The van der Waals surface area contributed by atoms with Gasteiger partial charge in [0.05, 0.1) is 6.54 Å². The van der Waals surface area contributed by atoms with E-state index in [0.717, 1.165) is 11.5 Å². The quantitative estimate of drug-likeness (QED) is 0.605. The summed E-state index contributed by atoms with van der Waals surface area (Å²) < 4.78 is 0. The fraction of sp³-hybridized carbons (Fsp3) is 0.417. The van der Waals surface area contributed by atoms with Gasteiger partial charge in [-0.3, -0.25) is 0 Å². The van der Waals surface area contributed by atoms with Crippen molar-refractivity contribution in [2.75, 3.05) is 28.2 Å². The van der Waals surface area contributed by atoms with Crippen LogP contribution < -0.4 is 0 Å². The van der Waals surface area contributed by atoms with Crippen molar-refractivity contribution in [3.8, 4) is 5.75 Å². The normalized spacial score (nSPS) is 9.75. The van der Waals surface area contributed by atoms with Crippen molar-refractivity contribution in [1.82, 2.24) is 9.80 Å². The topological polar surface area (TPSA) is 39.1 Å². The maximum atomic E-state index is 9.33. The number of aromatic hydroxyl groups is 1. The summed E-state index contributed by atoms with van der Waals surface area (Å²) in [7, 11) is 7.84. The Kier molecular flexibility index (Phi) is 4.17. The third-order valence-electron chi connectivity index (χ3n) is 2.11. The van der Waals surface area contributed by atoms with Crippen LogP contribution in [0.25, 0.3) is 0 Å². The molecule has 0 aromatic heterocycles. The van der Waals surface area contributed by atoms with Gasteiger partial charge in [-0.05, 0) is 17.7 Å². The Morgan fingerprint density at radius 1 is 1.19 bits per heavy atom. The van der Waals surface area contributed by atoms with Gasteiger partial charge in [0, 0.05) is 28.2 Å². The van der Waals surface area contributed by atoms with Crippen molar-refractivity contribution in [3.05, 3.63) is 29.8 Å². The molecule has 0 unspecified atom stereocenters. The Morgan fingerprint density at radius 2 is 1.81 bits per heavy atom. The van der Waals surface area contributed by atoms with E-state index in [1.165, 1.54) is 0 Å². The lowest BCUT2D eigenvalue weighted by molar-refractivity contribution is 0.473. The Morgan fingerprint density at radius 3 is 2.31 bits per heavy atom. The second-order valence-electron chi connectivity index (χ2n) is 4.07. The molecular formula is C12H19N3O. The van der Waals surface area contributed by atoms with Crippen LogP contribution >= 0.6 is 0 Å². The Hall–Kier alpha value is -1.71. The van der Waals surface area contributed by atoms with E-state index in [2.05, 4.69) is 4.99 Å². The number of rotatable bonds is 2. The Balaban J connectivity index is 2.77. The molecule has 0 atom stereocenters. The standard InChI is InChI=1S/C12H19N3O/c1-14(2)12(15(3)4)13-9-10-6-5-7-11(16)8-10/h5-8,16H,9H2,1-4H3. The molecule has 0 aliphatic heterocycles. The Bertz CT molecular complexity index is 362. The fourth-order valence-electron chi connectivity index (χ4n) is 1.50. The van der Waals surface area contributed by atoms with Crippen LogP contribution in [0.3, 0.4) is 0 Å². The molecule has 0 amide bonds. The minimum Gasteiger partial charge on any atom is -0.508 e. The summed E-state index contributed by atoms with van der Waals surface area (Å²) in [6.07, 6.45) is 0. The molecule has 1 rings (SSSR count). The summed E-state index contributed by atoms with van der Waals surface area (Å²) in [5.74, 6) is 1.19. The van der Waals surface area contributed by atoms with E-state index in [9.17, 15) is 5.11 Å². The molecule has 16 heavy (non-hydrogen) atoms. The fourth-order valence-corrected chi connectivity index (χ4v) is 1.50. The van der Waals surface area contributed by atoms with Gasteiger partial charge in [-0.1, -0.05) is 12.1 Å². The molecule has 1 aromatic rings. The van der Waals surface area contributed by atoms with Gasteiger partial charge in [-0.25, -0.2) is 4.99 Å². The van der Waals surface area contributed by atoms with Gasteiger partial charge in [-0.15, -0.1) is 0 Å². The number of aliphatic imine (C=N–C) groups is 1. The number of phenols is 1. The largest absolute Gasteiger partial charge is 0.508 e. The zero-order valence-corrected chi connectivity index (χ0v) is 10.3. The predicted octanol–water partition coefficient (Wildman–Crippen LogP) is 1.37. The second kappa shape index (κ2) is 5.39. The summed E-state index contributed by atoms with van der Waals surface area (Å²) in [5.41, 5.74) is 1.00. The number of benzene rings is 1. The van der Waals surface area contributed by atoms with E-state index in [-0.39, 0.29) is 5.75 Å². The van der Waals surface area contributed by atoms with Crippen LogP contribution in [0.4, 0.5) is 0 Å². The van der Waals surface area contributed by atoms with E-state index < -0.39 is 0 Å². The van der Waals surface area contributed by atoms with Crippen molar-refractivity contribution >= 4 is 5.96 Å². The summed E-state index contributed by atoms with van der Waals surface area (Å²) in [5, 5.41) is 9.33. The molecule has 0 spiro atoms. The molecule has 4 nitrogen and oxygen atoms in total. The molecule has 1 aromatic carbocycles. The highest BCUT2D eigenvalue weighted by Gasteiger charge is 2.03. The average Bonchev–Trinajstić information content (AvgIpc) is 2.16. The molecule has 0 fully saturated rings. The molecular weight excluding hydrogens is 202 g/mol. The van der Waals surface area contributed by atoms with Crippen LogP contribution in [-0.4, -0.2) is 49.1 Å². The van der Waals surface area contributed by atoms with Gasteiger partial charge in [0.1, 0.15) is 5.75 Å². The monoisotopic (exact) mass is 221 g/mol. The molecule has 88 valence electrons. The maximum absolute atomic E-state index is 9.33. The number of hydrogen-bond acceptors (Lipinski definition) is 2. The highest BCUT2D eigenvalue weighted by Crippen LogP contribution is 2.11. The van der Waals surface area contributed by atoms with Crippen molar-refractivity contribution in [1.29, 1.82) is 0 Å². The van der Waals surface area contributed by atoms with E-state index in [4.69, 9.17) is 0 Å². The molecule has 0 aliphatic rings. The SMILES string of the molecule is CN(C)C(=NCc1cccc(O)c1)N(C)C. The predicted molar refractivity (Wildman–Crippen MR) is 66.6 cm³/mol. The van der Waals surface area contributed by atoms with E-state index >= 15 is 0 Å². The third kappa shape index (κ3) is 3.46. The number of phenolic OH excluding ortho intramolecular Hbond substituents is 1. The number of guanidine groups is 1.